The summed E-state index contributed by atoms with van der Waals surface area (Å²) in [5.74, 6) is 1.06. The molecule has 2 aromatic carbocycles. The van der Waals surface area contributed by atoms with Crippen molar-refractivity contribution < 1.29 is 18.7 Å². The van der Waals surface area contributed by atoms with Crippen LogP contribution >= 0.6 is 0 Å². The first-order valence-corrected chi connectivity index (χ1v) is 9.67. The Balaban J connectivity index is 1.46. The van der Waals surface area contributed by atoms with E-state index in [9.17, 15) is 4.79 Å². The van der Waals surface area contributed by atoms with Crippen LogP contribution in [0.25, 0.3) is 11.0 Å². The van der Waals surface area contributed by atoms with Gasteiger partial charge in [0, 0.05) is 30.1 Å². The number of likely N-dealkylation sites (tertiary alicyclic amines) is 1. The van der Waals surface area contributed by atoms with Crippen molar-refractivity contribution in [2.24, 2.45) is 0 Å². The molecule has 0 unspecified atom stereocenters. The zero-order chi connectivity index (χ0) is 19.5. The van der Waals surface area contributed by atoms with Gasteiger partial charge < -0.3 is 18.8 Å². The maximum Gasteiger partial charge on any atom is 0.289 e. The minimum Gasteiger partial charge on any atom is -0.497 e. The van der Waals surface area contributed by atoms with E-state index in [2.05, 4.69) is 12.1 Å². The Hall–Kier alpha value is -2.79. The van der Waals surface area contributed by atoms with Gasteiger partial charge in [0.15, 0.2) is 5.76 Å². The third-order valence-electron chi connectivity index (χ3n) is 5.33. The van der Waals surface area contributed by atoms with Crippen molar-refractivity contribution in [3.63, 3.8) is 0 Å². The molecule has 0 bridgehead atoms. The molecule has 0 spiro atoms. The van der Waals surface area contributed by atoms with Crippen molar-refractivity contribution >= 4 is 16.9 Å². The predicted octanol–water partition coefficient (Wildman–Crippen LogP) is 4.57. The highest BCUT2D eigenvalue weighted by molar-refractivity contribution is 5.99. The number of aryl methyl sites for hydroxylation is 1. The third kappa shape index (κ3) is 3.76. The minimum absolute atomic E-state index is 0.0442. The van der Waals surface area contributed by atoms with Gasteiger partial charge in [-0.25, -0.2) is 0 Å². The third-order valence-corrected chi connectivity index (χ3v) is 5.33. The number of carbonyl (C=O) groups is 1. The lowest BCUT2D eigenvalue weighted by Gasteiger charge is -2.32. The molecular formula is C23H25NO4. The molecule has 4 rings (SSSR count). The smallest absolute Gasteiger partial charge is 0.289 e. The van der Waals surface area contributed by atoms with Crippen LogP contribution in [0.4, 0.5) is 0 Å². The zero-order valence-electron chi connectivity index (χ0n) is 16.3. The number of nitrogens with zero attached hydrogens (tertiary/aromatic N) is 1. The number of ether oxygens (including phenoxy) is 2. The number of amides is 1. The van der Waals surface area contributed by atoms with Crippen LogP contribution in [0.1, 0.15) is 34.5 Å². The number of methoxy groups -OCH3 is 1. The molecule has 1 fully saturated rings. The number of benzene rings is 2. The summed E-state index contributed by atoms with van der Waals surface area (Å²) in [6.07, 6.45) is 1.94. The van der Waals surface area contributed by atoms with Gasteiger partial charge in [-0.05, 0) is 37.5 Å². The first kappa shape index (κ1) is 18.6. The molecule has 1 aromatic heterocycles. The second-order valence-corrected chi connectivity index (χ2v) is 7.23. The van der Waals surface area contributed by atoms with Gasteiger partial charge in [-0.15, -0.1) is 0 Å². The number of fused-ring (bicyclic) bond motifs is 1. The van der Waals surface area contributed by atoms with E-state index in [0.29, 0.717) is 30.2 Å². The molecule has 0 saturated carbocycles. The Labute approximate surface area is 164 Å². The molecule has 0 radical (unpaired) electrons. The lowest BCUT2D eigenvalue weighted by molar-refractivity contribution is -0.00750. The van der Waals surface area contributed by atoms with E-state index < -0.39 is 0 Å². The Kier molecular flexibility index (Phi) is 5.35. The van der Waals surface area contributed by atoms with Crippen LogP contribution in [0.3, 0.4) is 0 Å². The van der Waals surface area contributed by atoms with Crippen molar-refractivity contribution in [3.05, 3.63) is 65.4 Å². The molecule has 0 aliphatic carbocycles. The van der Waals surface area contributed by atoms with E-state index >= 15 is 0 Å². The molecule has 5 nitrogen and oxygen atoms in total. The second-order valence-electron chi connectivity index (χ2n) is 7.23. The summed E-state index contributed by atoms with van der Waals surface area (Å²) in [4.78, 5) is 15.0. The van der Waals surface area contributed by atoms with Crippen LogP contribution in [0.2, 0.25) is 0 Å². The summed E-state index contributed by atoms with van der Waals surface area (Å²) in [6.45, 7) is 3.81. The normalized spacial score (nSPS) is 17.1. The van der Waals surface area contributed by atoms with Crippen molar-refractivity contribution in [2.45, 2.75) is 32.5 Å². The van der Waals surface area contributed by atoms with Gasteiger partial charge in [0.05, 0.1) is 19.8 Å². The van der Waals surface area contributed by atoms with Gasteiger partial charge in [0.1, 0.15) is 11.3 Å². The van der Waals surface area contributed by atoms with Crippen molar-refractivity contribution in [1.29, 1.82) is 0 Å². The Morgan fingerprint density at radius 3 is 2.82 bits per heavy atom. The number of hydrogen-bond donors (Lipinski definition) is 0. The molecule has 1 aliphatic heterocycles. The summed E-state index contributed by atoms with van der Waals surface area (Å²) < 4.78 is 17.2. The maximum absolute atomic E-state index is 13.1. The first-order valence-electron chi connectivity index (χ1n) is 9.67. The number of rotatable bonds is 5. The van der Waals surface area contributed by atoms with E-state index in [1.807, 2.05) is 48.2 Å². The maximum atomic E-state index is 13.1. The topological polar surface area (TPSA) is 51.9 Å². The van der Waals surface area contributed by atoms with E-state index in [4.69, 9.17) is 13.9 Å². The Bertz CT molecular complexity index is 963. The molecule has 1 aliphatic rings. The fourth-order valence-corrected chi connectivity index (χ4v) is 3.73. The van der Waals surface area contributed by atoms with Crippen molar-refractivity contribution in [2.75, 3.05) is 20.2 Å². The predicted molar refractivity (Wildman–Crippen MR) is 108 cm³/mol. The molecule has 5 heteroatoms. The zero-order valence-corrected chi connectivity index (χ0v) is 16.3. The van der Waals surface area contributed by atoms with Crippen LogP contribution in [0.15, 0.2) is 52.9 Å². The van der Waals surface area contributed by atoms with Gasteiger partial charge in [0.2, 0.25) is 0 Å². The highest BCUT2D eigenvalue weighted by Gasteiger charge is 2.28. The SMILES string of the molecule is COc1ccc2c(C)c(C(=O)N3CCC[C@@H](OCc4ccccc4)C3)oc2c1. The molecule has 28 heavy (non-hydrogen) atoms. The van der Waals surface area contributed by atoms with E-state index in [1.54, 1.807) is 7.11 Å². The number of piperidine rings is 1. The van der Waals surface area contributed by atoms with Crippen LogP contribution in [-0.2, 0) is 11.3 Å². The average molecular weight is 379 g/mol. The first-order chi connectivity index (χ1) is 13.7. The fraction of sp³-hybridized carbons (Fsp3) is 0.348. The summed E-state index contributed by atoms with van der Waals surface area (Å²) in [6, 6.07) is 15.8. The van der Waals surface area contributed by atoms with Crippen molar-refractivity contribution in [3.8, 4) is 5.75 Å². The Morgan fingerprint density at radius 2 is 2.04 bits per heavy atom. The summed E-state index contributed by atoms with van der Waals surface area (Å²) in [7, 11) is 1.62. The highest BCUT2D eigenvalue weighted by atomic mass is 16.5. The summed E-state index contributed by atoms with van der Waals surface area (Å²) in [5.41, 5.74) is 2.69. The largest absolute Gasteiger partial charge is 0.497 e. The Morgan fingerprint density at radius 1 is 1.21 bits per heavy atom. The minimum atomic E-state index is -0.0688. The molecule has 2 heterocycles. The lowest BCUT2D eigenvalue weighted by Crippen LogP contribution is -2.43. The molecule has 146 valence electrons. The quantitative estimate of drug-likeness (QED) is 0.652. The van der Waals surface area contributed by atoms with Crippen LogP contribution < -0.4 is 4.74 Å². The van der Waals surface area contributed by atoms with Crippen LogP contribution in [0, 0.1) is 6.92 Å². The van der Waals surface area contributed by atoms with Crippen molar-refractivity contribution in [1.82, 2.24) is 4.90 Å². The van der Waals surface area contributed by atoms with Crippen LogP contribution in [-0.4, -0.2) is 37.1 Å². The van der Waals surface area contributed by atoms with Gasteiger partial charge in [-0.2, -0.15) is 0 Å². The fourth-order valence-electron chi connectivity index (χ4n) is 3.73. The monoisotopic (exact) mass is 379 g/mol. The molecule has 1 amide bonds. The standard InChI is InChI=1S/C23H25NO4/c1-16-20-11-10-18(26-2)13-21(20)28-22(16)23(25)24-12-6-9-19(14-24)27-15-17-7-4-3-5-8-17/h3-5,7-8,10-11,13,19H,6,9,12,14-15H2,1-2H3/t19-/m1/s1. The van der Waals surface area contributed by atoms with Gasteiger partial charge >= 0.3 is 0 Å². The second kappa shape index (κ2) is 8.07. The lowest BCUT2D eigenvalue weighted by atomic mass is 10.1. The van der Waals surface area contributed by atoms with Gasteiger partial charge in [0.25, 0.3) is 5.91 Å². The van der Waals surface area contributed by atoms with Gasteiger partial charge in [-0.3, -0.25) is 4.79 Å². The number of carbonyl (C=O) groups excluding carboxylic acids is 1. The molecule has 3 aromatic rings. The number of hydrogen-bond acceptors (Lipinski definition) is 4. The van der Waals surface area contributed by atoms with Crippen LogP contribution in [0.5, 0.6) is 5.75 Å². The molecular weight excluding hydrogens is 354 g/mol. The number of furan rings is 1. The average Bonchev–Trinajstić information content (AvgIpc) is 3.08. The summed E-state index contributed by atoms with van der Waals surface area (Å²) >= 11 is 0. The van der Waals surface area contributed by atoms with Gasteiger partial charge in [-0.1, -0.05) is 30.3 Å². The van der Waals surface area contributed by atoms with E-state index in [0.717, 1.165) is 35.9 Å². The molecule has 1 saturated heterocycles. The highest BCUT2D eigenvalue weighted by Crippen LogP contribution is 2.30. The van der Waals surface area contributed by atoms with E-state index in [1.165, 1.54) is 0 Å². The summed E-state index contributed by atoms with van der Waals surface area (Å²) in [5, 5.41) is 0.943. The molecule has 0 N–H and O–H groups in total. The van der Waals surface area contributed by atoms with E-state index in [-0.39, 0.29) is 12.0 Å². The molecule has 1 atom stereocenters.